The van der Waals surface area contributed by atoms with E-state index in [2.05, 4.69) is 5.32 Å². The molecule has 0 atom stereocenters. The maximum atomic E-state index is 11.4. The van der Waals surface area contributed by atoms with Gasteiger partial charge >= 0.3 is 0 Å². The predicted molar refractivity (Wildman–Crippen MR) is 70.8 cm³/mol. The van der Waals surface area contributed by atoms with Crippen LogP contribution in [0, 0.1) is 0 Å². The number of benzene rings is 1. The van der Waals surface area contributed by atoms with Crippen LogP contribution in [0.25, 0.3) is 0 Å². The normalized spacial score (nSPS) is 10.2. The molecule has 0 aliphatic heterocycles. The zero-order valence-electron chi connectivity index (χ0n) is 11.0. The van der Waals surface area contributed by atoms with Gasteiger partial charge in [0.25, 0.3) is 0 Å². The first-order chi connectivity index (χ1) is 8.52. The van der Waals surface area contributed by atoms with E-state index in [1.54, 1.807) is 25.3 Å². The van der Waals surface area contributed by atoms with Crippen LogP contribution in [0.3, 0.4) is 0 Å². The molecular formula is C13H20N2O3. The number of rotatable bonds is 6. The quantitative estimate of drug-likeness (QED) is 0.754. The first kappa shape index (κ1) is 14.2. The Labute approximate surface area is 107 Å². The first-order valence-electron chi connectivity index (χ1n) is 5.88. The van der Waals surface area contributed by atoms with Crippen LogP contribution in [0.5, 0.6) is 11.5 Å². The molecule has 100 valence electrons. The lowest BCUT2D eigenvalue weighted by molar-refractivity contribution is -0.122. The van der Waals surface area contributed by atoms with Crippen LogP contribution < -0.4 is 20.5 Å². The number of carbonyl (C=O) groups is 1. The number of nitrogens with one attached hydrogen (secondary N) is 1. The smallest absolute Gasteiger partial charge is 0.223 e. The van der Waals surface area contributed by atoms with Crippen molar-refractivity contribution in [1.82, 2.24) is 5.32 Å². The lowest BCUT2D eigenvalue weighted by Crippen LogP contribution is -2.31. The Hall–Kier alpha value is -1.91. The maximum Gasteiger partial charge on any atom is 0.223 e. The third-order valence-electron chi connectivity index (χ3n) is 2.25. The molecule has 5 heteroatoms. The van der Waals surface area contributed by atoms with E-state index in [1.165, 1.54) is 0 Å². The van der Waals surface area contributed by atoms with E-state index in [0.29, 0.717) is 30.2 Å². The fourth-order valence-corrected chi connectivity index (χ4v) is 1.43. The second-order valence-corrected chi connectivity index (χ2v) is 4.22. The molecule has 1 aromatic carbocycles. The average molecular weight is 252 g/mol. The number of methoxy groups -OCH3 is 1. The summed E-state index contributed by atoms with van der Waals surface area (Å²) < 4.78 is 10.5. The Morgan fingerprint density at radius 2 is 2.17 bits per heavy atom. The van der Waals surface area contributed by atoms with Crippen molar-refractivity contribution in [2.45, 2.75) is 26.3 Å². The summed E-state index contributed by atoms with van der Waals surface area (Å²) >= 11 is 0. The number of nitrogen functional groups attached to an aromatic ring is 1. The summed E-state index contributed by atoms with van der Waals surface area (Å²) in [6, 6.07) is 5.32. The van der Waals surface area contributed by atoms with Gasteiger partial charge in [0, 0.05) is 12.1 Å². The van der Waals surface area contributed by atoms with Crippen molar-refractivity contribution in [3.05, 3.63) is 18.2 Å². The van der Waals surface area contributed by atoms with Crippen LogP contribution in [0.4, 0.5) is 5.69 Å². The van der Waals surface area contributed by atoms with Crippen molar-refractivity contribution >= 4 is 11.6 Å². The summed E-state index contributed by atoms with van der Waals surface area (Å²) in [6.45, 7) is 4.13. The number of nitrogens with two attached hydrogens (primary N) is 1. The highest BCUT2D eigenvalue weighted by atomic mass is 16.5. The van der Waals surface area contributed by atoms with Crippen LogP contribution in [0.2, 0.25) is 0 Å². The van der Waals surface area contributed by atoms with E-state index in [-0.39, 0.29) is 11.9 Å². The summed E-state index contributed by atoms with van der Waals surface area (Å²) in [6.07, 6.45) is 0.309. The highest BCUT2D eigenvalue weighted by Gasteiger charge is 2.05. The number of anilines is 1. The minimum absolute atomic E-state index is 0.0305. The van der Waals surface area contributed by atoms with E-state index in [0.717, 1.165) is 0 Å². The summed E-state index contributed by atoms with van der Waals surface area (Å²) in [4.78, 5) is 11.4. The number of amides is 1. The molecule has 0 saturated heterocycles. The van der Waals surface area contributed by atoms with Crippen LogP contribution in [0.1, 0.15) is 20.3 Å². The SMILES string of the molecule is COc1ccc(OCCC(=O)NC(C)C)c(N)c1. The summed E-state index contributed by atoms with van der Waals surface area (Å²) in [5, 5.41) is 2.79. The van der Waals surface area contributed by atoms with E-state index in [1.807, 2.05) is 13.8 Å². The molecule has 0 aromatic heterocycles. The molecule has 0 aliphatic carbocycles. The van der Waals surface area contributed by atoms with Gasteiger partial charge in [-0.1, -0.05) is 0 Å². The number of hydrogen-bond acceptors (Lipinski definition) is 4. The molecule has 1 rings (SSSR count). The molecular weight excluding hydrogens is 232 g/mol. The van der Waals surface area contributed by atoms with Gasteiger partial charge < -0.3 is 20.5 Å². The maximum absolute atomic E-state index is 11.4. The summed E-state index contributed by atoms with van der Waals surface area (Å²) in [5.74, 6) is 1.21. The number of ether oxygens (including phenoxy) is 2. The van der Waals surface area contributed by atoms with Gasteiger partial charge in [-0.05, 0) is 26.0 Å². The standard InChI is InChI=1S/C13H20N2O3/c1-9(2)15-13(16)6-7-18-12-5-4-10(17-3)8-11(12)14/h4-5,8-9H,6-7,14H2,1-3H3,(H,15,16). The Morgan fingerprint density at radius 3 is 2.72 bits per heavy atom. The van der Waals surface area contributed by atoms with Crippen molar-refractivity contribution in [3.63, 3.8) is 0 Å². The van der Waals surface area contributed by atoms with Crippen LogP contribution in [-0.2, 0) is 4.79 Å². The minimum Gasteiger partial charge on any atom is -0.497 e. The molecule has 0 unspecified atom stereocenters. The van der Waals surface area contributed by atoms with Crippen LogP contribution >= 0.6 is 0 Å². The van der Waals surface area contributed by atoms with Crippen molar-refractivity contribution in [2.75, 3.05) is 19.5 Å². The zero-order chi connectivity index (χ0) is 13.5. The monoisotopic (exact) mass is 252 g/mol. The molecule has 0 saturated carbocycles. The highest BCUT2D eigenvalue weighted by molar-refractivity contribution is 5.76. The molecule has 3 N–H and O–H groups in total. The molecule has 1 aromatic rings. The Kier molecular flexibility index (Phi) is 5.30. The number of carbonyl (C=O) groups excluding carboxylic acids is 1. The fourth-order valence-electron chi connectivity index (χ4n) is 1.43. The average Bonchev–Trinajstić information content (AvgIpc) is 2.30. The molecule has 18 heavy (non-hydrogen) atoms. The molecule has 0 bridgehead atoms. The van der Waals surface area contributed by atoms with Crippen molar-refractivity contribution in [3.8, 4) is 11.5 Å². The summed E-state index contributed by atoms with van der Waals surface area (Å²) in [5.41, 5.74) is 6.29. The molecule has 0 fully saturated rings. The second kappa shape index (κ2) is 6.74. The lowest BCUT2D eigenvalue weighted by Gasteiger charge is -2.11. The fraction of sp³-hybridized carbons (Fsp3) is 0.462. The molecule has 0 heterocycles. The largest absolute Gasteiger partial charge is 0.497 e. The van der Waals surface area contributed by atoms with Gasteiger partial charge in [0.1, 0.15) is 11.5 Å². The van der Waals surface area contributed by atoms with Crippen LogP contribution in [-0.4, -0.2) is 25.7 Å². The zero-order valence-corrected chi connectivity index (χ0v) is 11.0. The van der Waals surface area contributed by atoms with E-state index < -0.39 is 0 Å². The Balaban J connectivity index is 2.42. The minimum atomic E-state index is -0.0305. The molecule has 5 nitrogen and oxygen atoms in total. The molecule has 0 radical (unpaired) electrons. The highest BCUT2D eigenvalue weighted by Crippen LogP contribution is 2.26. The molecule has 0 aliphatic rings. The summed E-state index contributed by atoms with van der Waals surface area (Å²) in [7, 11) is 1.57. The van der Waals surface area contributed by atoms with Gasteiger partial charge in [-0.2, -0.15) is 0 Å². The van der Waals surface area contributed by atoms with Crippen LogP contribution in [0.15, 0.2) is 18.2 Å². The van der Waals surface area contributed by atoms with E-state index in [4.69, 9.17) is 15.2 Å². The van der Waals surface area contributed by atoms with Gasteiger partial charge in [0.15, 0.2) is 0 Å². The third kappa shape index (κ3) is 4.53. The van der Waals surface area contributed by atoms with Crippen molar-refractivity contribution in [1.29, 1.82) is 0 Å². The van der Waals surface area contributed by atoms with Gasteiger partial charge in [0.2, 0.25) is 5.91 Å². The number of hydrogen-bond donors (Lipinski definition) is 2. The lowest BCUT2D eigenvalue weighted by atomic mass is 10.3. The third-order valence-corrected chi connectivity index (χ3v) is 2.25. The molecule has 1 amide bonds. The van der Waals surface area contributed by atoms with Gasteiger partial charge in [-0.3, -0.25) is 4.79 Å². The Bertz CT molecular complexity index is 405. The van der Waals surface area contributed by atoms with Gasteiger partial charge in [-0.15, -0.1) is 0 Å². The van der Waals surface area contributed by atoms with E-state index >= 15 is 0 Å². The molecule has 0 spiro atoms. The first-order valence-corrected chi connectivity index (χ1v) is 5.88. The topological polar surface area (TPSA) is 73.6 Å². The van der Waals surface area contributed by atoms with Crippen molar-refractivity contribution < 1.29 is 14.3 Å². The van der Waals surface area contributed by atoms with Crippen molar-refractivity contribution in [2.24, 2.45) is 0 Å². The Morgan fingerprint density at radius 1 is 1.44 bits per heavy atom. The van der Waals surface area contributed by atoms with Gasteiger partial charge in [-0.25, -0.2) is 0 Å². The van der Waals surface area contributed by atoms with E-state index in [9.17, 15) is 4.79 Å². The predicted octanol–water partition coefficient (Wildman–Crippen LogP) is 1.57. The second-order valence-electron chi connectivity index (χ2n) is 4.22. The van der Waals surface area contributed by atoms with Gasteiger partial charge in [0.05, 0.1) is 25.8 Å².